The van der Waals surface area contributed by atoms with Crippen molar-refractivity contribution in [2.24, 2.45) is 0 Å². The lowest BCUT2D eigenvalue weighted by Crippen LogP contribution is -1.80. The van der Waals surface area contributed by atoms with E-state index in [0.29, 0.717) is 5.75 Å². The number of phenolic OH excluding ortho intramolecular Hbond substituents is 1. The van der Waals surface area contributed by atoms with Crippen molar-refractivity contribution in [3.63, 3.8) is 0 Å². The van der Waals surface area contributed by atoms with Crippen LogP contribution in [0.2, 0.25) is 0 Å². The maximum Gasteiger partial charge on any atom is 0.116 e. The van der Waals surface area contributed by atoms with Crippen LogP contribution < -0.4 is 0 Å². The first kappa shape index (κ1) is 9.91. The zero-order chi connectivity index (χ0) is 11.8. The first-order chi connectivity index (χ1) is 8.28. The predicted molar refractivity (Wildman–Crippen MR) is 73.2 cm³/mol. The van der Waals surface area contributed by atoms with Gasteiger partial charge in [0.25, 0.3) is 0 Å². The van der Waals surface area contributed by atoms with E-state index in [1.807, 2.05) is 18.2 Å². The third-order valence-electron chi connectivity index (χ3n) is 3.07. The van der Waals surface area contributed by atoms with Gasteiger partial charge >= 0.3 is 0 Å². The predicted octanol–water partition coefficient (Wildman–Crippen LogP) is 4.34. The summed E-state index contributed by atoms with van der Waals surface area (Å²) < 4.78 is 0. The van der Waals surface area contributed by atoms with E-state index in [9.17, 15) is 5.11 Å². The van der Waals surface area contributed by atoms with Crippen molar-refractivity contribution in [1.29, 1.82) is 0 Å². The molecule has 82 valence electrons. The molecule has 0 radical (unpaired) electrons. The third kappa shape index (κ3) is 1.56. The normalized spacial score (nSPS) is 10.8. The molecule has 3 aromatic rings. The van der Waals surface area contributed by atoms with Crippen LogP contribution in [-0.2, 0) is 0 Å². The van der Waals surface area contributed by atoms with Crippen LogP contribution in [0.1, 0.15) is 5.56 Å². The fourth-order valence-electron chi connectivity index (χ4n) is 2.21. The summed E-state index contributed by atoms with van der Waals surface area (Å²) in [5.41, 5.74) is 1.14. The average molecular weight is 220 g/mol. The Morgan fingerprint density at radius 2 is 1.76 bits per heavy atom. The summed E-state index contributed by atoms with van der Waals surface area (Å²) in [5.74, 6) is 0.303. The van der Waals surface area contributed by atoms with Gasteiger partial charge in [0.1, 0.15) is 5.75 Å². The van der Waals surface area contributed by atoms with Crippen molar-refractivity contribution in [3.8, 4) is 5.75 Å². The second-order valence-corrected chi connectivity index (χ2v) is 4.16. The summed E-state index contributed by atoms with van der Waals surface area (Å²) >= 11 is 0. The molecule has 0 bridgehead atoms. The molecule has 3 rings (SSSR count). The first-order valence-electron chi connectivity index (χ1n) is 5.56. The number of phenols is 1. The second kappa shape index (κ2) is 3.63. The van der Waals surface area contributed by atoms with Crippen LogP contribution in [0, 0.1) is 0 Å². The Hall–Kier alpha value is -2.28. The van der Waals surface area contributed by atoms with Gasteiger partial charge in [0.05, 0.1) is 0 Å². The van der Waals surface area contributed by atoms with Crippen molar-refractivity contribution < 1.29 is 5.11 Å². The highest BCUT2D eigenvalue weighted by Crippen LogP contribution is 2.28. The number of hydrogen-bond acceptors (Lipinski definition) is 1. The average Bonchev–Trinajstić information content (AvgIpc) is 2.35. The number of fused-ring (bicyclic) bond motifs is 2. The van der Waals surface area contributed by atoms with E-state index in [1.165, 1.54) is 10.8 Å². The Balaban J connectivity index is 2.47. The molecule has 0 fully saturated rings. The summed E-state index contributed by atoms with van der Waals surface area (Å²) in [6.07, 6.45) is 1.87. The maximum absolute atomic E-state index is 9.49. The fraction of sp³-hybridized carbons (Fsp3) is 0. The lowest BCUT2D eigenvalue weighted by Gasteiger charge is -2.05. The van der Waals surface area contributed by atoms with Gasteiger partial charge in [-0.1, -0.05) is 36.9 Å². The van der Waals surface area contributed by atoms with E-state index in [0.717, 1.165) is 16.3 Å². The summed E-state index contributed by atoms with van der Waals surface area (Å²) in [5, 5.41) is 14.0. The zero-order valence-electron chi connectivity index (χ0n) is 9.35. The van der Waals surface area contributed by atoms with Gasteiger partial charge in [0.15, 0.2) is 0 Å². The van der Waals surface area contributed by atoms with Crippen molar-refractivity contribution in [1.82, 2.24) is 0 Å². The first-order valence-corrected chi connectivity index (χ1v) is 5.56. The van der Waals surface area contributed by atoms with E-state index in [-0.39, 0.29) is 0 Å². The van der Waals surface area contributed by atoms with Crippen LogP contribution in [0.15, 0.2) is 55.1 Å². The molecule has 0 aromatic heterocycles. The smallest absolute Gasteiger partial charge is 0.116 e. The lowest BCUT2D eigenvalue weighted by atomic mass is 10.00. The molecular weight excluding hydrogens is 208 g/mol. The van der Waals surface area contributed by atoms with Crippen molar-refractivity contribution in [2.45, 2.75) is 0 Å². The molecule has 0 aliphatic rings. The molecule has 3 aromatic carbocycles. The van der Waals surface area contributed by atoms with Gasteiger partial charge in [-0.25, -0.2) is 0 Å². The Kier molecular flexibility index (Phi) is 2.12. The molecule has 0 heterocycles. The van der Waals surface area contributed by atoms with Crippen molar-refractivity contribution in [3.05, 3.63) is 60.7 Å². The van der Waals surface area contributed by atoms with Gasteiger partial charge in [-0.15, -0.1) is 0 Å². The van der Waals surface area contributed by atoms with Crippen LogP contribution >= 0.6 is 0 Å². The Morgan fingerprint density at radius 1 is 0.882 bits per heavy atom. The molecule has 1 heteroatoms. The monoisotopic (exact) mass is 220 g/mol. The van der Waals surface area contributed by atoms with Crippen LogP contribution in [0.5, 0.6) is 5.75 Å². The maximum atomic E-state index is 9.49. The number of hydrogen-bond donors (Lipinski definition) is 1. The molecular formula is C16H12O. The highest BCUT2D eigenvalue weighted by atomic mass is 16.3. The van der Waals surface area contributed by atoms with Crippen LogP contribution in [-0.4, -0.2) is 5.11 Å². The highest BCUT2D eigenvalue weighted by molar-refractivity contribution is 6.01. The second-order valence-electron chi connectivity index (χ2n) is 4.16. The minimum absolute atomic E-state index is 0.303. The molecule has 0 saturated carbocycles. The van der Waals surface area contributed by atoms with Crippen LogP contribution in [0.25, 0.3) is 27.6 Å². The topological polar surface area (TPSA) is 20.2 Å². The molecule has 0 spiro atoms. The third-order valence-corrected chi connectivity index (χ3v) is 3.07. The quantitative estimate of drug-likeness (QED) is 0.605. The summed E-state index contributed by atoms with van der Waals surface area (Å²) in [4.78, 5) is 0. The van der Waals surface area contributed by atoms with Gasteiger partial charge in [-0.2, -0.15) is 0 Å². The molecule has 0 amide bonds. The minimum atomic E-state index is 0.303. The standard InChI is InChI=1S/C16H12O/c1-2-11-4-3-5-13-8-14-9-15(17)7-6-12(14)10-16(11)13/h2-10,17H,1H2. The van der Waals surface area contributed by atoms with Gasteiger partial charge in [-0.3, -0.25) is 0 Å². The molecule has 0 unspecified atom stereocenters. The van der Waals surface area contributed by atoms with Crippen LogP contribution in [0.3, 0.4) is 0 Å². The Bertz CT molecular complexity index is 726. The van der Waals surface area contributed by atoms with Crippen LogP contribution in [0.4, 0.5) is 0 Å². The highest BCUT2D eigenvalue weighted by Gasteiger charge is 2.01. The molecule has 17 heavy (non-hydrogen) atoms. The molecule has 0 atom stereocenters. The largest absolute Gasteiger partial charge is 0.508 e. The van der Waals surface area contributed by atoms with Gasteiger partial charge in [0, 0.05) is 0 Å². The molecule has 0 aliphatic carbocycles. The molecule has 1 N–H and O–H groups in total. The number of aromatic hydroxyl groups is 1. The molecule has 0 aliphatic heterocycles. The lowest BCUT2D eigenvalue weighted by molar-refractivity contribution is 0.476. The number of rotatable bonds is 1. The van der Waals surface area contributed by atoms with E-state index in [4.69, 9.17) is 0 Å². The summed E-state index contributed by atoms with van der Waals surface area (Å²) in [6.45, 7) is 3.84. The van der Waals surface area contributed by atoms with Gasteiger partial charge in [0.2, 0.25) is 0 Å². The Labute approximate surface area is 99.6 Å². The number of benzene rings is 3. The summed E-state index contributed by atoms with van der Waals surface area (Å²) in [7, 11) is 0. The van der Waals surface area contributed by atoms with E-state index < -0.39 is 0 Å². The molecule has 1 nitrogen and oxygen atoms in total. The Morgan fingerprint density at radius 3 is 2.59 bits per heavy atom. The van der Waals surface area contributed by atoms with Crippen molar-refractivity contribution >= 4 is 27.6 Å². The van der Waals surface area contributed by atoms with Crippen molar-refractivity contribution in [2.75, 3.05) is 0 Å². The molecule has 0 saturated heterocycles. The van der Waals surface area contributed by atoms with E-state index in [1.54, 1.807) is 12.1 Å². The summed E-state index contributed by atoms with van der Waals surface area (Å²) in [6, 6.07) is 15.8. The van der Waals surface area contributed by atoms with Gasteiger partial charge < -0.3 is 5.11 Å². The minimum Gasteiger partial charge on any atom is -0.508 e. The zero-order valence-corrected chi connectivity index (χ0v) is 9.35. The van der Waals surface area contributed by atoms with E-state index >= 15 is 0 Å². The SMILES string of the molecule is C=Cc1cccc2cc3cc(O)ccc3cc12. The fourth-order valence-corrected chi connectivity index (χ4v) is 2.21. The van der Waals surface area contributed by atoms with E-state index in [2.05, 4.69) is 30.8 Å². The van der Waals surface area contributed by atoms with Gasteiger partial charge in [-0.05, 0) is 51.4 Å².